The van der Waals surface area contributed by atoms with Crippen molar-refractivity contribution in [2.45, 2.75) is 51.7 Å². The monoisotopic (exact) mass is 259 g/mol. The number of fused-ring (bicyclic) bond motifs is 1. The first kappa shape index (κ1) is 13.1. The molecule has 1 aliphatic heterocycles. The van der Waals surface area contributed by atoms with Gasteiger partial charge in [-0.15, -0.1) is 0 Å². The maximum Gasteiger partial charge on any atom is 0.0805 e. The number of aliphatic hydroxyl groups is 1. The van der Waals surface area contributed by atoms with Crippen molar-refractivity contribution in [1.29, 1.82) is 0 Å². The van der Waals surface area contributed by atoms with Gasteiger partial charge in [0.2, 0.25) is 0 Å². The lowest BCUT2D eigenvalue weighted by Gasteiger charge is -2.22. The van der Waals surface area contributed by atoms with Crippen LogP contribution in [0.25, 0.3) is 0 Å². The van der Waals surface area contributed by atoms with E-state index >= 15 is 0 Å². The lowest BCUT2D eigenvalue weighted by Crippen LogP contribution is -2.28. The molecule has 0 bridgehead atoms. The molecule has 2 N–H and O–H groups in total. The van der Waals surface area contributed by atoms with Crippen molar-refractivity contribution >= 4 is 0 Å². The molecule has 2 aliphatic rings. The molecule has 0 spiro atoms. The minimum atomic E-state index is -0.323. The minimum absolute atomic E-state index is 0.323. The van der Waals surface area contributed by atoms with E-state index in [-0.39, 0.29) is 6.10 Å². The molecule has 1 saturated heterocycles. The van der Waals surface area contributed by atoms with E-state index in [2.05, 4.69) is 37.4 Å². The molecule has 3 rings (SSSR count). The standard InChI is InChI=1S/C17H25NO/c1-11-6-7-13(8-12(11)2)17(19)9-16-15-5-3-4-14(15)10-18-16/h6-8,14-19H,3-5,9-10H2,1-2H3. The van der Waals surface area contributed by atoms with Crippen LogP contribution in [0.4, 0.5) is 0 Å². The summed E-state index contributed by atoms with van der Waals surface area (Å²) in [6.45, 7) is 5.40. The highest BCUT2D eigenvalue weighted by Crippen LogP contribution is 2.40. The van der Waals surface area contributed by atoms with Crippen molar-refractivity contribution in [1.82, 2.24) is 5.32 Å². The molecule has 1 heterocycles. The van der Waals surface area contributed by atoms with Gasteiger partial charge in [0.15, 0.2) is 0 Å². The summed E-state index contributed by atoms with van der Waals surface area (Å²) in [4.78, 5) is 0. The van der Waals surface area contributed by atoms with E-state index in [0.717, 1.165) is 30.4 Å². The Morgan fingerprint density at radius 2 is 2.11 bits per heavy atom. The Bertz CT molecular complexity index is 457. The maximum atomic E-state index is 10.5. The summed E-state index contributed by atoms with van der Waals surface area (Å²) in [6, 6.07) is 6.85. The molecule has 2 fully saturated rings. The molecular weight excluding hydrogens is 234 g/mol. The Balaban J connectivity index is 1.67. The first-order chi connectivity index (χ1) is 9.15. The second kappa shape index (κ2) is 5.26. The summed E-state index contributed by atoms with van der Waals surface area (Å²) >= 11 is 0. The van der Waals surface area contributed by atoms with Crippen LogP contribution < -0.4 is 5.32 Å². The van der Waals surface area contributed by atoms with Gasteiger partial charge >= 0.3 is 0 Å². The Morgan fingerprint density at radius 3 is 2.89 bits per heavy atom. The van der Waals surface area contributed by atoms with Crippen LogP contribution in [0.15, 0.2) is 18.2 Å². The van der Waals surface area contributed by atoms with Crippen molar-refractivity contribution in [2.75, 3.05) is 6.54 Å². The Morgan fingerprint density at radius 1 is 1.26 bits per heavy atom. The molecule has 4 atom stereocenters. The van der Waals surface area contributed by atoms with Crippen molar-refractivity contribution < 1.29 is 5.11 Å². The molecule has 1 aromatic rings. The van der Waals surface area contributed by atoms with Gasteiger partial charge in [-0.05, 0) is 68.2 Å². The van der Waals surface area contributed by atoms with E-state index in [4.69, 9.17) is 0 Å². The van der Waals surface area contributed by atoms with Crippen LogP contribution >= 0.6 is 0 Å². The Kier molecular flexibility index (Phi) is 3.64. The molecule has 0 radical (unpaired) electrons. The van der Waals surface area contributed by atoms with E-state index in [9.17, 15) is 5.11 Å². The number of hydrogen-bond donors (Lipinski definition) is 2. The molecule has 1 saturated carbocycles. The van der Waals surface area contributed by atoms with Gasteiger partial charge in [0.25, 0.3) is 0 Å². The Labute approximate surface area is 116 Å². The van der Waals surface area contributed by atoms with E-state index in [1.54, 1.807) is 0 Å². The van der Waals surface area contributed by atoms with Crippen LogP contribution in [0, 0.1) is 25.7 Å². The summed E-state index contributed by atoms with van der Waals surface area (Å²) in [7, 11) is 0. The quantitative estimate of drug-likeness (QED) is 0.874. The molecule has 0 amide bonds. The maximum absolute atomic E-state index is 10.5. The SMILES string of the molecule is Cc1ccc(C(O)CC2NCC3CCCC32)cc1C. The molecule has 19 heavy (non-hydrogen) atoms. The van der Waals surface area contributed by atoms with Gasteiger partial charge in [-0.1, -0.05) is 24.6 Å². The highest BCUT2D eigenvalue weighted by atomic mass is 16.3. The fourth-order valence-electron chi connectivity index (χ4n) is 3.91. The van der Waals surface area contributed by atoms with Crippen molar-refractivity contribution in [3.8, 4) is 0 Å². The molecule has 1 aromatic carbocycles. The fourth-order valence-corrected chi connectivity index (χ4v) is 3.91. The Hall–Kier alpha value is -0.860. The summed E-state index contributed by atoms with van der Waals surface area (Å²) in [5.41, 5.74) is 3.65. The number of hydrogen-bond acceptors (Lipinski definition) is 2. The van der Waals surface area contributed by atoms with E-state index in [0.29, 0.717) is 6.04 Å². The normalized spacial score (nSPS) is 31.4. The lowest BCUT2D eigenvalue weighted by molar-refractivity contribution is 0.145. The van der Waals surface area contributed by atoms with Crippen LogP contribution in [-0.4, -0.2) is 17.7 Å². The van der Waals surface area contributed by atoms with Gasteiger partial charge in [0, 0.05) is 6.04 Å². The topological polar surface area (TPSA) is 32.3 Å². The lowest BCUT2D eigenvalue weighted by atomic mass is 9.89. The van der Waals surface area contributed by atoms with Gasteiger partial charge < -0.3 is 10.4 Å². The number of aryl methyl sites for hydroxylation is 2. The van der Waals surface area contributed by atoms with E-state index in [1.807, 2.05) is 0 Å². The van der Waals surface area contributed by atoms with Crippen LogP contribution in [0.3, 0.4) is 0 Å². The molecule has 2 heteroatoms. The van der Waals surface area contributed by atoms with Gasteiger partial charge in [-0.2, -0.15) is 0 Å². The predicted molar refractivity (Wildman–Crippen MR) is 78.1 cm³/mol. The van der Waals surface area contributed by atoms with Gasteiger partial charge in [0.05, 0.1) is 6.10 Å². The van der Waals surface area contributed by atoms with Crippen molar-refractivity contribution in [3.63, 3.8) is 0 Å². The molecule has 1 aliphatic carbocycles. The van der Waals surface area contributed by atoms with E-state index in [1.165, 1.54) is 30.4 Å². The number of aliphatic hydroxyl groups excluding tert-OH is 1. The smallest absolute Gasteiger partial charge is 0.0805 e. The molecule has 0 aromatic heterocycles. The van der Waals surface area contributed by atoms with Crippen LogP contribution in [0.5, 0.6) is 0 Å². The first-order valence-corrected chi connectivity index (χ1v) is 7.64. The van der Waals surface area contributed by atoms with Crippen LogP contribution in [0.2, 0.25) is 0 Å². The molecule has 4 unspecified atom stereocenters. The molecular formula is C17H25NO. The second-order valence-electron chi connectivity index (χ2n) is 6.46. The van der Waals surface area contributed by atoms with E-state index < -0.39 is 0 Å². The zero-order valence-electron chi connectivity index (χ0n) is 12.0. The summed E-state index contributed by atoms with van der Waals surface area (Å²) in [6.07, 6.45) is 4.66. The number of rotatable bonds is 3. The van der Waals surface area contributed by atoms with Crippen molar-refractivity contribution in [3.05, 3.63) is 34.9 Å². The highest BCUT2D eigenvalue weighted by molar-refractivity contribution is 5.31. The largest absolute Gasteiger partial charge is 0.388 e. The second-order valence-corrected chi connectivity index (χ2v) is 6.46. The van der Waals surface area contributed by atoms with Gasteiger partial charge in [0.1, 0.15) is 0 Å². The third-order valence-corrected chi connectivity index (χ3v) is 5.27. The number of nitrogens with one attached hydrogen (secondary N) is 1. The van der Waals surface area contributed by atoms with Crippen molar-refractivity contribution in [2.24, 2.45) is 11.8 Å². The predicted octanol–water partition coefficient (Wildman–Crippen LogP) is 3.12. The van der Waals surface area contributed by atoms with Crippen LogP contribution in [-0.2, 0) is 0 Å². The first-order valence-electron chi connectivity index (χ1n) is 7.64. The average molecular weight is 259 g/mol. The summed E-state index contributed by atoms with van der Waals surface area (Å²) in [5, 5.41) is 14.1. The van der Waals surface area contributed by atoms with Gasteiger partial charge in [-0.3, -0.25) is 0 Å². The number of benzene rings is 1. The molecule has 2 nitrogen and oxygen atoms in total. The fraction of sp³-hybridized carbons (Fsp3) is 0.647. The molecule has 104 valence electrons. The van der Waals surface area contributed by atoms with Gasteiger partial charge in [-0.25, -0.2) is 0 Å². The summed E-state index contributed by atoms with van der Waals surface area (Å²) in [5.74, 6) is 1.68. The summed E-state index contributed by atoms with van der Waals surface area (Å²) < 4.78 is 0. The zero-order valence-corrected chi connectivity index (χ0v) is 12.0. The zero-order chi connectivity index (χ0) is 13.4. The average Bonchev–Trinajstić information content (AvgIpc) is 2.97. The minimum Gasteiger partial charge on any atom is -0.388 e. The highest BCUT2D eigenvalue weighted by Gasteiger charge is 2.39. The third-order valence-electron chi connectivity index (χ3n) is 5.27. The third kappa shape index (κ3) is 2.56. The van der Waals surface area contributed by atoms with Crippen LogP contribution in [0.1, 0.15) is 48.5 Å².